The highest BCUT2D eigenvalue weighted by Gasteiger charge is 2.19. The normalized spacial score (nSPS) is 13.0. The van der Waals surface area contributed by atoms with Crippen molar-refractivity contribution in [2.24, 2.45) is 0 Å². The van der Waals surface area contributed by atoms with Crippen LogP contribution in [0.5, 0.6) is 0 Å². The van der Waals surface area contributed by atoms with E-state index in [1.54, 1.807) is 49.4 Å². The number of hydrogen-bond acceptors (Lipinski definition) is 3. The first kappa shape index (κ1) is 15.5. The van der Waals surface area contributed by atoms with Crippen LogP contribution in [0.25, 0.3) is 0 Å². The van der Waals surface area contributed by atoms with E-state index in [-0.39, 0.29) is 5.75 Å². The summed E-state index contributed by atoms with van der Waals surface area (Å²) < 4.78 is 40.4. The molecule has 0 aliphatic heterocycles. The second-order valence-electron chi connectivity index (χ2n) is 4.82. The average molecular weight is 308 g/mol. The van der Waals surface area contributed by atoms with E-state index in [0.717, 1.165) is 0 Å². The Labute approximate surface area is 123 Å². The summed E-state index contributed by atoms with van der Waals surface area (Å²) in [4.78, 5) is 0. The lowest BCUT2D eigenvalue weighted by Gasteiger charge is -2.15. The van der Waals surface area contributed by atoms with Crippen molar-refractivity contribution in [2.75, 3.05) is 5.73 Å². The Bertz CT molecular complexity index is 732. The highest BCUT2D eigenvalue weighted by Crippen LogP contribution is 2.19. The van der Waals surface area contributed by atoms with E-state index in [2.05, 4.69) is 4.72 Å². The van der Waals surface area contributed by atoms with Gasteiger partial charge in [-0.05, 0) is 24.6 Å². The van der Waals surface area contributed by atoms with Crippen molar-refractivity contribution >= 4 is 15.7 Å². The minimum atomic E-state index is -3.62. The topological polar surface area (TPSA) is 72.2 Å². The van der Waals surface area contributed by atoms with E-state index in [9.17, 15) is 12.8 Å². The fourth-order valence-electron chi connectivity index (χ4n) is 2.07. The molecule has 0 spiro atoms. The van der Waals surface area contributed by atoms with Crippen molar-refractivity contribution < 1.29 is 12.8 Å². The smallest absolute Gasteiger partial charge is 0.216 e. The van der Waals surface area contributed by atoms with E-state index in [0.29, 0.717) is 16.8 Å². The number of rotatable bonds is 5. The molecule has 6 heteroatoms. The number of benzene rings is 2. The average Bonchev–Trinajstić information content (AvgIpc) is 2.41. The Balaban J connectivity index is 2.15. The van der Waals surface area contributed by atoms with E-state index in [1.807, 2.05) is 0 Å². The number of nitrogens with one attached hydrogen (secondary N) is 1. The maximum Gasteiger partial charge on any atom is 0.216 e. The summed E-state index contributed by atoms with van der Waals surface area (Å²) in [6.07, 6.45) is 0. The molecule has 0 fully saturated rings. The first-order valence-corrected chi connectivity index (χ1v) is 8.12. The molecular formula is C15H17FN2O2S. The van der Waals surface area contributed by atoms with Gasteiger partial charge < -0.3 is 5.73 Å². The Hall–Kier alpha value is -1.92. The van der Waals surface area contributed by atoms with Gasteiger partial charge >= 0.3 is 0 Å². The van der Waals surface area contributed by atoms with Crippen molar-refractivity contribution in [1.82, 2.24) is 4.72 Å². The summed E-state index contributed by atoms with van der Waals surface area (Å²) in [5.41, 5.74) is 6.99. The molecule has 2 aromatic rings. The van der Waals surface area contributed by atoms with Crippen molar-refractivity contribution in [2.45, 2.75) is 18.7 Å². The van der Waals surface area contributed by atoms with Gasteiger partial charge in [0, 0.05) is 17.3 Å². The Morgan fingerprint density at radius 1 is 1.14 bits per heavy atom. The molecule has 0 aliphatic carbocycles. The summed E-state index contributed by atoms with van der Waals surface area (Å²) in [6, 6.07) is 12.2. The molecule has 2 aromatic carbocycles. The maximum atomic E-state index is 13.7. The zero-order valence-corrected chi connectivity index (χ0v) is 12.4. The number of anilines is 1. The molecule has 1 atom stereocenters. The molecule has 21 heavy (non-hydrogen) atoms. The first-order valence-electron chi connectivity index (χ1n) is 6.47. The molecule has 0 amide bonds. The van der Waals surface area contributed by atoms with Gasteiger partial charge in [0.25, 0.3) is 0 Å². The van der Waals surface area contributed by atoms with Crippen LogP contribution in [0.1, 0.15) is 24.1 Å². The Kier molecular flexibility index (Phi) is 4.59. The number of hydrogen-bond donors (Lipinski definition) is 2. The van der Waals surface area contributed by atoms with Gasteiger partial charge in [-0.3, -0.25) is 0 Å². The van der Waals surface area contributed by atoms with Crippen LogP contribution in [-0.4, -0.2) is 8.42 Å². The predicted molar refractivity (Wildman–Crippen MR) is 81.4 cm³/mol. The van der Waals surface area contributed by atoms with Crippen LogP contribution < -0.4 is 10.5 Å². The second-order valence-corrected chi connectivity index (χ2v) is 6.57. The molecule has 112 valence electrons. The molecule has 0 saturated carbocycles. The lowest BCUT2D eigenvalue weighted by Crippen LogP contribution is -2.28. The zero-order valence-electron chi connectivity index (χ0n) is 11.6. The highest BCUT2D eigenvalue weighted by molar-refractivity contribution is 7.88. The van der Waals surface area contributed by atoms with Crippen molar-refractivity contribution in [3.8, 4) is 0 Å². The zero-order chi connectivity index (χ0) is 15.5. The van der Waals surface area contributed by atoms with Gasteiger partial charge in [0.1, 0.15) is 5.82 Å². The third-order valence-corrected chi connectivity index (χ3v) is 4.53. The molecule has 2 rings (SSSR count). The molecule has 3 N–H and O–H groups in total. The van der Waals surface area contributed by atoms with Crippen LogP contribution >= 0.6 is 0 Å². The largest absolute Gasteiger partial charge is 0.398 e. The lowest BCUT2D eigenvalue weighted by atomic mass is 10.1. The standard InChI is InChI=1S/C15H17FN2O2S/c1-11(13-7-3-4-8-14(13)16)18-21(19,20)10-12-6-2-5-9-15(12)17/h2-9,11,18H,10,17H2,1H3. The fourth-order valence-corrected chi connectivity index (χ4v) is 3.49. The van der Waals surface area contributed by atoms with E-state index >= 15 is 0 Å². The number of sulfonamides is 1. The summed E-state index contributed by atoms with van der Waals surface area (Å²) >= 11 is 0. The van der Waals surface area contributed by atoms with Crippen LogP contribution in [0.3, 0.4) is 0 Å². The summed E-state index contributed by atoms with van der Waals surface area (Å²) in [7, 11) is -3.62. The highest BCUT2D eigenvalue weighted by atomic mass is 32.2. The lowest BCUT2D eigenvalue weighted by molar-refractivity contribution is 0.549. The van der Waals surface area contributed by atoms with Gasteiger partial charge in [0.05, 0.1) is 5.75 Å². The summed E-state index contributed by atoms with van der Waals surface area (Å²) in [5.74, 6) is -0.676. The van der Waals surface area contributed by atoms with Gasteiger partial charge in [0.2, 0.25) is 10.0 Å². The van der Waals surface area contributed by atoms with E-state index in [1.165, 1.54) is 6.07 Å². The van der Waals surface area contributed by atoms with E-state index < -0.39 is 21.9 Å². The molecular weight excluding hydrogens is 291 g/mol. The number of nitrogen functional groups attached to an aromatic ring is 1. The van der Waals surface area contributed by atoms with Crippen molar-refractivity contribution in [3.05, 3.63) is 65.5 Å². The molecule has 1 unspecified atom stereocenters. The maximum absolute atomic E-state index is 13.7. The molecule has 0 aliphatic rings. The van der Waals surface area contributed by atoms with Crippen molar-refractivity contribution in [1.29, 1.82) is 0 Å². The Morgan fingerprint density at radius 3 is 2.43 bits per heavy atom. The quantitative estimate of drug-likeness (QED) is 0.834. The Morgan fingerprint density at radius 2 is 1.76 bits per heavy atom. The SMILES string of the molecule is CC(NS(=O)(=O)Cc1ccccc1N)c1ccccc1F. The van der Waals surface area contributed by atoms with Crippen LogP contribution in [0, 0.1) is 5.82 Å². The van der Waals surface area contributed by atoms with Gasteiger partial charge in [-0.25, -0.2) is 17.5 Å². The molecule has 0 radical (unpaired) electrons. The summed E-state index contributed by atoms with van der Waals surface area (Å²) in [5, 5.41) is 0. The number of para-hydroxylation sites is 1. The second kappa shape index (κ2) is 6.24. The van der Waals surface area contributed by atoms with Crippen molar-refractivity contribution in [3.63, 3.8) is 0 Å². The van der Waals surface area contributed by atoms with Gasteiger partial charge in [0.15, 0.2) is 0 Å². The van der Waals surface area contributed by atoms with Gasteiger partial charge in [-0.1, -0.05) is 36.4 Å². The first-order chi connectivity index (χ1) is 9.89. The monoisotopic (exact) mass is 308 g/mol. The molecule has 4 nitrogen and oxygen atoms in total. The van der Waals surface area contributed by atoms with Crippen LogP contribution in [0.2, 0.25) is 0 Å². The third-order valence-electron chi connectivity index (χ3n) is 3.13. The fraction of sp³-hybridized carbons (Fsp3) is 0.200. The minimum absolute atomic E-state index is 0.238. The van der Waals surface area contributed by atoms with Crippen LogP contribution in [0.15, 0.2) is 48.5 Å². The molecule has 0 saturated heterocycles. The molecule has 0 aromatic heterocycles. The van der Waals surface area contributed by atoms with Gasteiger partial charge in [-0.15, -0.1) is 0 Å². The number of halogens is 1. The van der Waals surface area contributed by atoms with Gasteiger partial charge in [-0.2, -0.15) is 0 Å². The number of nitrogens with two attached hydrogens (primary N) is 1. The minimum Gasteiger partial charge on any atom is -0.398 e. The van der Waals surface area contributed by atoms with Crippen LogP contribution in [-0.2, 0) is 15.8 Å². The summed E-state index contributed by atoms with van der Waals surface area (Å²) in [6.45, 7) is 1.60. The third kappa shape index (κ3) is 4.03. The molecule has 0 bridgehead atoms. The predicted octanol–water partition coefficient (Wildman–Crippen LogP) is 2.59. The van der Waals surface area contributed by atoms with E-state index in [4.69, 9.17) is 5.73 Å². The molecule has 0 heterocycles. The van der Waals surface area contributed by atoms with Crippen LogP contribution in [0.4, 0.5) is 10.1 Å².